The topological polar surface area (TPSA) is 59.9 Å². The number of alkyl halides is 3. The number of ether oxygens (including phenoxy) is 2. The van der Waals surface area contributed by atoms with E-state index in [0.717, 1.165) is 23.4 Å². The maximum Gasteiger partial charge on any atom is 0.573 e. The SMILES string of the molecule is CC[N+]1=C(COc2noc3ccc(-c4ccc(OC(F)(F)F)cc4)cc23)CN=C1. The summed E-state index contributed by atoms with van der Waals surface area (Å²) in [7, 11) is 0. The van der Waals surface area contributed by atoms with Crippen LogP contribution in [-0.2, 0) is 0 Å². The van der Waals surface area contributed by atoms with Crippen molar-refractivity contribution in [3.63, 3.8) is 0 Å². The Balaban J connectivity index is 1.55. The van der Waals surface area contributed by atoms with Crippen LogP contribution in [0.4, 0.5) is 13.2 Å². The van der Waals surface area contributed by atoms with Crippen LogP contribution in [0.2, 0.25) is 0 Å². The van der Waals surface area contributed by atoms with Crippen molar-refractivity contribution in [2.45, 2.75) is 13.3 Å². The first-order valence-electron chi connectivity index (χ1n) is 8.92. The van der Waals surface area contributed by atoms with Gasteiger partial charge in [0.2, 0.25) is 0 Å². The molecular formula is C20H17F3N3O3+. The second kappa shape index (κ2) is 7.57. The second-order valence-corrected chi connectivity index (χ2v) is 6.37. The summed E-state index contributed by atoms with van der Waals surface area (Å²) >= 11 is 0. The molecule has 29 heavy (non-hydrogen) atoms. The molecule has 0 radical (unpaired) electrons. The van der Waals surface area contributed by atoms with Crippen molar-refractivity contribution in [2.24, 2.45) is 4.99 Å². The van der Waals surface area contributed by atoms with E-state index in [1.54, 1.807) is 30.6 Å². The fraction of sp³-hybridized carbons (Fsp3) is 0.250. The summed E-state index contributed by atoms with van der Waals surface area (Å²) in [5.74, 6) is 0.0851. The van der Waals surface area contributed by atoms with E-state index in [4.69, 9.17) is 9.26 Å². The zero-order valence-electron chi connectivity index (χ0n) is 15.4. The third kappa shape index (κ3) is 4.23. The number of halogens is 3. The molecule has 6 nitrogen and oxygen atoms in total. The standard InChI is InChI=1S/C20H17F3N3O3/c1-2-26-12-24-10-15(26)11-27-19-17-9-14(5-8-18(17)29-25-19)13-3-6-16(7-4-13)28-20(21,22)23/h3-9,12H,2,10-11H2,1H3/q+1. The number of rotatable bonds is 6. The van der Waals surface area contributed by atoms with Crippen LogP contribution in [0.3, 0.4) is 0 Å². The van der Waals surface area contributed by atoms with Crippen molar-refractivity contribution in [1.82, 2.24) is 5.16 Å². The number of aromatic nitrogens is 1. The van der Waals surface area contributed by atoms with Gasteiger partial charge in [0.1, 0.15) is 5.75 Å². The highest BCUT2D eigenvalue weighted by molar-refractivity contribution is 5.90. The lowest BCUT2D eigenvalue weighted by atomic mass is 10.0. The summed E-state index contributed by atoms with van der Waals surface area (Å²) in [4.78, 5) is 4.22. The summed E-state index contributed by atoms with van der Waals surface area (Å²) in [5.41, 5.74) is 3.10. The third-order valence-electron chi connectivity index (χ3n) is 4.48. The Bertz CT molecular complexity index is 1090. The van der Waals surface area contributed by atoms with Crippen LogP contribution in [0.1, 0.15) is 6.92 Å². The van der Waals surface area contributed by atoms with E-state index in [2.05, 4.69) is 14.9 Å². The molecule has 150 valence electrons. The summed E-state index contributed by atoms with van der Waals surface area (Å²) in [6.45, 7) is 3.75. The lowest BCUT2D eigenvalue weighted by Crippen LogP contribution is -2.23. The first-order valence-corrected chi connectivity index (χ1v) is 8.92. The highest BCUT2D eigenvalue weighted by Gasteiger charge is 2.31. The molecular weight excluding hydrogens is 387 g/mol. The van der Waals surface area contributed by atoms with Gasteiger partial charge in [0.15, 0.2) is 24.4 Å². The largest absolute Gasteiger partial charge is 0.573 e. The number of hydrogen-bond acceptors (Lipinski definition) is 5. The lowest BCUT2D eigenvalue weighted by Gasteiger charge is -2.09. The fourth-order valence-corrected chi connectivity index (χ4v) is 3.05. The van der Waals surface area contributed by atoms with E-state index in [1.807, 2.05) is 17.6 Å². The minimum Gasteiger partial charge on any atom is -0.467 e. The molecule has 4 rings (SSSR count). The molecule has 0 saturated heterocycles. The van der Waals surface area contributed by atoms with Crippen molar-refractivity contribution >= 4 is 23.0 Å². The van der Waals surface area contributed by atoms with Crippen LogP contribution in [0.5, 0.6) is 11.6 Å². The Morgan fingerprint density at radius 1 is 1.10 bits per heavy atom. The first kappa shape index (κ1) is 19.0. The van der Waals surface area contributed by atoms with E-state index >= 15 is 0 Å². The van der Waals surface area contributed by atoms with Crippen LogP contribution in [-0.4, -0.2) is 47.8 Å². The molecule has 0 aliphatic carbocycles. The van der Waals surface area contributed by atoms with Crippen molar-refractivity contribution in [3.05, 3.63) is 42.5 Å². The number of benzene rings is 2. The molecule has 3 aromatic rings. The zero-order chi connectivity index (χ0) is 20.4. The Hall–Kier alpha value is -3.36. The van der Waals surface area contributed by atoms with Gasteiger partial charge in [-0.15, -0.1) is 13.2 Å². The quantitative estimate of drug-likeness (QED) is 0.575. The second-order valence-electron chi connectivity index (χ2n) is 6.37. The van der Waals surface area contributed by atoms with Gasteiger partial charge in [0.05, 0.1) is 11.9 Å². The highest BCUT2D eigenvalue weighted by Crippen LogP contribution is 2.31. The third-order valence-corrected chi connectivity index (χ3v) is 4.48. The van der Waals surface area contributed by atoms with Gasteiger partial charge in [-0.1, -0.05) is 23.2 Å². The molecule has 2 aromatic carbocycles. The summed E-state index contributed by atoms with van der Waals surface area (Å²) < 4.78 is 54.0. The van der Waals surface area contributed by atoms with Crippen LogP contribution in [0.15, 0.2) is 52.0 Å². The maximum absolute atomic E-state index is 12.3. The number of aliphatic imine (C=N–C) groups is 1. The van der Waals surface area contributed by atoms with E-state index in [0.29, 0.717) is 30.0 Å². The summed E-state index contributed by atoms with van der Waals surface area (Å²) in [6.07, 6.45) is -2.94. The molecule has 0 N–H and O–H groups in total. The van der Waals surface area contributed by atoms with Gasteiger partial charge in [-0.2, -0.15) is 0 Å². The minimum absolute atomic E-state index is 0.271. The molecule has 0 saturated carbocycles. The summed E-state index contributed by atoms with van der Waals surface area (Å²) in [6, 6.07) is 11.0. The number of fused-ring (bicyclic) bond motifs is 1. The molecule has 0 spiro atoms. The number of nitrogens with zero attached hydrogens (tertiary/aromatic N) is 3. The van der Waals surface area contributed by atoms with Crippen molar-refractivity contribution in [2.75, 3.05) is 19.7 Å². The predicted molar refractivity (Wildman–Crippen MR) is 101 cm³/mol. The molecule has 2 heterocycles. The molecule has 1 aliphatic heterocycles. The molecule has 0 fully saturated rings. The summed E-state index contributed by atoms with van der Waals surface area (Å²) in [5, 5.41) is 4.66. The van der Waals surface area contributed by atoms with Crippen LogP contribution < -0.4 is 9.47 Å². The highest BCUT2D eigenvalue weighted by atomic mass is 19.4. The Morgan fingerprint density at radius 3 is 2.59 bits per heavy atom. The van der Waals surface area contributed by atoms with Crippen molar-refractivity contribution in [1.29, 1.82) is 0 Å². The van der Waals surface area contributed by atoms with Gasteiger partial charge in [-0.05, 0) is 47.5 Å². The van der Waals surface area contributed by atoms with Crippen molar-refractivity contribution < 1.29 is 31.7 Å². The molecule has 1 aliphatic rings. The van der Waals surface area contributed by atoms with E-state index in [-0.39, 0.29) is 5.75 Å². The Labute approximate surface area is 163 Å². The van der Waals surface area contributed by atoms with Gasteiger partial charge >= 0.3 is 6.36 Å². The van der Waals surface area contributed by atoms with Crippen LogP contribution >= 0.6 is 0 Å². The van der Waals surface area contributed by atoms with Gasteiger partial charge < -0.3 is 14.0 Å². The van der Waals surface area contributed by atoms with Gasteiger partial charge in [-0.3, -0.25) is 0 Å². The van der Waals surface area contributed by atoms with E-state index in [9.17, 15) is 13.2 Å². The smallest absolute Gasteiger partial charge is 0.467 e. The van der Waals surface area contributed by atoms with E-state index in [1.165, 1.54) is 12.1 Å². The van der Waals surface area contributed by atoms with Gasteiger partial charge in [0, 0.05) is 0 Å². The minimum atomic E-state index is -4.72. The van der Waals surface area contributed by atoms with Crippen molar-refractivity contribution in [3.8, 4) is 22.8 Å². The fourth-order valence-electron chi connectivity index (χ4n) is 3.05. The normalized spacial score (nSPS) is 14.1. The Kier molecular flexibility index (Phi) is 4.96. The molecule has 0 unspecified atom stereocenters. The molecule has 0 atom stereocenters. The van der Waals surface area contributed by atoms with Gasteiger partial charge in [0.25, 0.3) is 12.2 Å². The molecule has 1 aromatic heterocycles. The molecule has 0 bridgehead atoms. The average molecular weight is 404 g/mol. The van der Waals surface area contributed by atoms with Gasteiger partial charge in [-0.25, -0.2) is 4.58 Å². The molecule has 9 heteroatoms. The maximum atomic E-state index is 12.3. The zero-order valence-corrected chi connectivity index (χ0v) is 15.4. The lowest BCUT2D eigenvalue weighted by molar-refractivity contribution is -0.392. The van der Waals surface area contributed by atoms with Crippen LogP contribution in [0.25, 0.3) is 22.1 Å². The monoisotopic (exact) mass is 404 g/mol. The Morgan fingerprint density at radius 2 is 1.86 bits per heavy atom. The average Bonchev–Trinajstić information content (AvgIpc) is 3.31. The molecule has 0 amide bonds. The van der Waals surface area contributed by atoms with Crippen LogP contribution in [0, 0.1) is 0 Å². The number of hydrogen-bond donors (Lipinski definition) is 0. The predicted octanol–water partition coefficient (Wildman–Crippen LogP) is 4.29. The first-order chi connectivity index (χ1) is 13.9. The van der Waals surface area contributed by atoms with E-state index < -0.39 is 6.36 Å².